The number of fused-ring (bicyclic) bond motifs is 3. The van der Waals surface area contributed by atoms with Crippen LogP contribution in [0.5, 0.6) is 5.75 Å². The van der Waals surface area contributed by atoms with Crippen molar-refractivity contribution in [2.45, 2.75) is 63.2 Å². The number of aliphatic hydroxyl groups is 1. The number of aliphatic hydroxyl groups excluding tert-OH is 1. The molecule has 1 saturated heterocycles. The number of nitrogens with zero attached hydrogens (tertiary/aromatic N) is 6. The fraction of sp³-hybridized carbons (Fsp3) is 0.371. The number of aryl methyl sites for hydroxylation is 1. The van der Waals surface area contributed by atoms with Gasteiger partial charge in [0.2, 0.25) is 0 Å². The van der Waals surface area contributed by atoms with Crippen LogP contribution in [0, 0.1) is 16.0 Å². The second-order valence-electron chi connectivity index (χ2n) is 13.6. The van der Waals surface area contributed by atoms with E-state index in [9.17, 15) is 29.6 Å². The normalized spacial score (nSPS) is 22.9. The van der Waals surface area contributed by atoms with Crippen LogP contribution in [0.15, 0.2) is 72.9 Å². The highest BCUT2D eigenvalue weighted by Crippen LogP contribution is 2.60. The molecule has 15 heteroatoms. The summed E-state index contributed by atoms with van der Waals surface area (Å²) in [4.78, 5) is 54.0. The van der Waals surface area contributed by atoms with Crippen molar-refractivity contribution in [2.75, 3.05) is 23.0 Å². The molecule has 2 amide bonds. The first kappa shape index (κ1) is 33.5. The molecule has 3 aliphatic rings. The quantitative estimate of drug-likeness (QED) is 0.139. The molecule has 3 aliphatic heterocycles. The summed E-state index contributed by atoms with van der Waals surface area (Å²) in [5.41, 5.74) is 1.54. The zero-order valence-corrected chi connectivity index (χ0v) is 28.9. The predicted molar refractivity (Wildman–Crippen MR) is 184 cm³/mol. The SMILES string of the molecule is C[C@@H]1[C@@H]([Si](C)(C)O)[C@H](CCn2cc(CCO)nn2)O[C@@]12C(=O)N(Cc1ccc(N3C(=O)COc4ccccc43)cc1)c1ccc([N+](=O)[O-])cc12. The number of benzene rings is 3. The van der Waals surface area contributed by atoms with E-state index in [1.807, 2.05) is 68.5 Å². The van der Waals surface area contributed by atoms with Crippen LogP contribution in [-0.4, -0.2) is 69.3 Å². The number of rotatable bonds is 10. The first-order valence-electron chi connectivity index (χ1n) is 16.6. The van der Waals surface area contributed by atoms with Crippen LogP contribution < -0.4 is 14.5 Å². The molecule has 4 heterocycles. The van der Waals surface area contributed by atoms with Crippen molar-refractivity contribution < 1.29 is 33.9 Å². The van der Waals surface area contributed by atoms with E-state index in [2.05, 4.69) is 10.3 Å². The van der Waals surface area contributed by atoms with Gasteiger partial charge in [0.15, 0.2) is 20.5 Å². The molecule has 14 nitrogen and oxygen atoms in total. The second-order valence-corrected chi connectivity index (χ2v) is 17.6. The van der Waals surface area contributed by atoms with Crippen molar-refractivity contribution in [3.05, 3.63) is 99.9 Å². The van der Waals surface area contributed by atoms with Crippen LogP contribution in [0.3, 0.4) is 0 Å². The maximum Gasteiger partial charge on any atom is 0.269 e. The van der Waals surface area contributed by atoms with E-state index < -0.39 is 30.9 Å². The van der Waals surface area contributed by atoms with Gasteiger partial charge in [-0.1, -0.05) is 36.4 Å². The summed E-state index contributed by atoms with van der Waals surface area (Å²) in [7, 11) is -2.97. The lowest BCUT2D eigenvalue weighted by atomic mass is 9.82. The summed E-state index contributed by atoms with van der Waals surface area (Å²) in [6.07, 6.45) is 1.99. The Morgan fingerprint density at radius 2 is 1.84 bits per heavy atom. The zero-order valence-electron chi connectivity index (χ0n) is 27.9. The standard InChI is InChI=1S/C35H38N6O8Si/c1-22-33(50(2,3)47)31(14-16-38-20-24(15-17-42)36-37-38)49-35(22)27-18-26(41(45)46)12-13-28(27)39(34(35)44)19-23-8-10-25(11-9-23)40-29-6-4-5-7-30(29)48-21-32(40)43/h4-13,18,20,22,31,33,42,47H,14-17,19,21H2,1-3H3/t22-,31+,33-,35+/m1/s1. The van der Waals surface area contributed by atoms with E-state index >= 15 is 0 Å². The number of carbonyl (C=O) groups excluding carboxylic acids is 2. The van der Waals surface area contributed by atoms with Gasteiger partial charge in [-0.3, -0.25) is 29.3 Å². The number of non-ortho nitro benzene ring substituents is 1. The van der Waals surface area contributed by atoms with Crippen molar-refractivity contribution in [3.63, 3.8) is 0 Å². The Kier molecular flexibility index (Phi) is 8.54. The largest absolute Gasteiger partial charge is 0.482 e. The van der Waals surface area contributed by atoms with Crippen molar-refractivity contribution in [3.8, 4) is 5.75 Å². The number of nitro groups is 1. The van der Waals surface area contributed by atoms with Gasteiger partial charge in [-0.15, -0.1) is 5.10 Å². The van der Waals surface area contributed by atoms with E-state index in [0.29, 0.717) is 53.5 Å². The number of para-hydroxylation sites is 2. The number of nitro benzene ring substituents is 1. The molecule has 4 aromatic rings. The van der Waals surface area contributed by atoms with Gasteiger partial charge in [0, 0.05) is 60.6 Å². The number of hydrogen-bond acceptors (Lipinski definition) is 10. The van der Waals surface area contributed by atoms with Gasteiger partial charge in [-0.25, -0.2) is 0 Å². The fourth-order valence-electron chi connectivity index (χ4n) is 7.86. The van der Waals surface area contributed by atoms with Crippen molar-refractivity contribution >= 4 is 42.9 Å². The van der Waals surface area contributed by atoms with Crippen molar-refractivity contribution in [1.82, 2.24) is 15.0 Å². The molecule has 50 heavy (non-hydrogen) atoms. The molecular weight excluding hydrogens is 661 g/mol. The Morgan fingerprint density at radius 1 is 1.08 bits per heavy atom. The zero-order chi connectivity index (χ0) is 35.4. The van der Waals surface area contributed by atoms with Crippen LogP contribution in [0.1, 0.15) is 30.2 Å². The van der Waals surface area contributed by atoms with Crippen LogP contribution in [0.4, 0.5) is 22.7 Å². The predicted octanol–water partition coefficient (Wildman–Crippen LogP) is 4.21. The third-order valence-corrected chi connectivity index (χ3v) is 12.5. The topological polar surface area (TPSA) is 173 Å². The molecule has 4 atom stereocenters. The van der Waals surface area contributed by atoms with E-state index in [1.54, 1.807) is 26.7 Å². The van der Waals surface area contributed by atoms with Crippen molar-refractivity contribution in [1.29, 1.82) is 0 Å². The lowest BCUT2D eigenvalue weighted by Crippen LogP contribution is -2.46. The lowest BCUT2D eigenvalue weighted by Gasteiger charge is -2.32. The third kappa shape index (κ3) is 5.65. The van der Waals surface area contributed by atoms with E-state index in [0.717, 1.165) is 5.56 Å². The highest BCUT2D eigenvalue weighted by Gasteiger charge is 2.66. The van der Waals surface area contributed by atoms with Gasteiger partial charge < -0.3 is 24.3 Å². The Bertz CT molecular complexity index is 1960. The van der Waals surface area contributed by atoms with E-state index in [1.165, 1.54) is 12.1 Å². The van der Waals surface area contributed by atoms with Gasteiger partial charge in [-0.05, 0) is 55.4 Å². The average Bonchev–Trinajstić information content (AvgIpc) is 3.74. The number of hydrogen-bond donors (Lipinski definition) is 2. The summed E-state index contributed by atoms with van der Waals surface area (Å²) in [5.74, 6) is -0.449. The maximum atomic E-state index is 14.8. The monoisotopic (exact) mass is 698 g/mol. The summed E-state index contributed by atoms with van der Waals surface area (Å²) >= 11 is 0. The van der Waals surface area contributed by atoms with Gasteiger partial charge in [0.05, 0.1) is 34.6 Å². The highest BCUT2D eigenvalue weighted by molar-refractivity contribution is 6.71. The average molecular weight is 699 g/mol. The van der Waals surface area contributed by atoms with Crippen LogP contribution in [0.25, 0.3) is 0 Å². The molecule has 0 bridgehead atoms. The smallest absolute Gasteiger partial charge is 0.269 e. The fourth-order valence-corrected chi connectivity index (χ4v) is 10.5. The summed E-state index contributed by atoms with van der Waals surface area (Å²) in [5, 5.41) is 29.5. The molecule has 7 rings (SSSR count). The first-order valence-corrected chi connectivity index (χ1v) is 19.6. The maximum absolute atomic E-state index is 14.8. The molecule has 2 N–H and O–H groups in total. The third-order valence-electron chi connectivity index (χ3n) is 10.0. The molecule has 1 fully saturated rings. The van der Waals surface area contributed by atoms with Gasteiger partial charge in [0.1, 0.15) is 5.75 Å². The number of aromatic nitrogens is 3. The van der Waals surface area contributed by atoms with Crippen LogP contribution in [0.2, 0.25) is 18.6 Å². The van der Waals surface area contributed by atoms with E-state index in [4.69, 9.17) is 9.47 Å². The molecule has 0 radical (unpaired) electrons. The summed E-state index contributed by atoms with van der Waals surface area (Å²) < 4.78 is 14.1. The molecule has 1 spiro atoms. The van der Waals surface area contributed by atoms with Gasteiger partial charge >= 0.3 is 0 Å². The van der Waals surface area contributed by atoms with Gasteiger partial charge in [-0.2, -0.15) is 0 Å². The minimum atomic E-state index is -2.97. The second kappa shape index (κ2) is 12.7. The summed E-state index contributed by atoms with van der Waals surface area (Å²) in [6.45, 7) is 5.95. The molecule has 0 unspecified atom stereocenters. The number of anilines is 3. The molecule has 3 aromatic carbocycles. The van der Waals surface area contributed by atoms with E-state index in [-0.39, 0.29) is 42.8 Å². The van der Waals surface area contributed by atoms with Crippen LogP contribution >= 0.6 is 0 Å². The lowest BCUT2D eigenvalue weighted by molar-refractivity contribution is -0.385. The van der Waals surface area contributed by atoms with Gasteiger partial charge in [0.25, 0.3) is 17.5 Å². The molecule has 0 aliphatic carbocycles. The Balaban J connectivity index is 1.21. The minimum absolute atomic E-state index is 0.0484. The minimum Gasteiger partial charge on any atom is -0.482 e. The summed E-state index contributed by atoms with van der Waals surface area (Å²) in [6, 6.07) is 19.1. The molecule has 260 valence electrons. The number of amides is 2. The Labute approximate surface area is 289 Å². The Hall–Kier alpha value is -4.96. The first-order chi connectivity index (χ1) is 23.9. The highest BCUT2D eigenvalue weighted by atomic mass is 28.4. The number of ether oxygens (including phenoxy) is 2. The van der Waals surface area contributed by atoms with Crippen LogP contribution in [-0.2, 0) is 39.4 Å². The van der Waals surface area contributed by atoms with Crippen molar-refractivity contribution in [2.24, 2.45) is 5.92 Å². The number of carbonyl (C=O) groups is 2. The molecular formula is C35H38N6O8Si. The Morgan fingerprint density at radius 3 is 2.56 bits per heavy atom. The molecule has 0 saturated carbocycles. The molecule has 1 aromatic heterocycles.